The molecule has 18 heavy (non-hydrogen) atoms. The number of carbonyl (C=O) groups excluding carboxylic acids is 2. The van der Waals surface area contributed by atoms with Crippen LogP contribution in [0, 0.1) is 0 Å². The molecule has 0 saturated carbocycles. The molecule has 6 heteroatoms. The number of rotatable bonds is 6. The standard InChI is InChI=1S/C12H18N4O2/c1-14-8-2-3-11(17)15-9-4-6-10(7-5-9)16-12(13)18/h4-7,14H,2-3,8H2,1H3,(H,15,17)(H3,13,16,18). The van der Waals surface area contributed by atoms with Gasteiger partial charge in [0.2, 0.25) is 5.91 Å². The molecule has 5 N–H and O–H groups in total. The van der Waals surface area contributed by atoms with Crippen LogP contribution in [0.25, 0.3) is 0 Å². The van der Waals surface area contributed by atoms with Crippen LogP contribution in [0.15, 0.2) is 24.3 Å². The predicted octanol–water partition coefficient (Wildman–Crippen LogP) is 1.12. The molecule has 0 unspecified atom stereocenters. The van der Waals surface area contributed by atoms with Gasteiger partial charge in [-0.25, -0.2) is 4.79 Å². The number of nitrogens with one attached hydrogen (secondary N) is 3. The largest absolute Gasteiger partial charge is 0.351 e. The number of nitrogens with two attached hydrogens (primary N) is 1. The highest BCUT2D eigenvalue weighted by molar-refractivity contribution is 5.91. The van der Waals surface area contributed by atoms with Crippen molar-refractivity contribution in [2.75, 3.05) is 24.2 Å². The summed E-state index contributed by atoms with van der Waals surface area (Å²) in [6.07, 6.45) is 1.27. The van der Waals surface area contributed by atoms with Crippen LogP contribution >= 0.6 is 0 Å². The van der Waals surface area contributed by atoms with E-state index in [-0.39, 0.29) is 5.91 Å². The van der Waals surface area contributed by atoms with Gasteiger partial charge in [0.25, 0.3) is 0 Å². The average molecular weight is 250 g/mol. The lowest BCUT2D eigenvalue weighted by molar-refractivity contribution is -0.116. The highest BCUT2D eigenvalue weighted by Crippen LogP contribution is 2.13. The van der Waals surface area contributed by atoms with Gasteiger partial charge in [0.1, 0.15) is 0 Å². The molecule has 0 aliphatic rings. The second-order valence-electron chi connectivity index (χ2n) is 3.82. The quantitative estimate of drug-likeness (QED) is 0.569. The van der Waals surface area contributed by atoms with Gasteiger partial charge in [0.15, 0.2) is 0 Å². The van der Waals surface area contributed by atoms with Gasteiger partial charge >= 0.3 is 6.03 Å². The van der Waals surface area contributed by atoms with E-state index in [4.69, 9.17) is 5.73 Å². The molecule has 0 saturated heterocycles. The van der Waals surface area contributed by atoms with Crippen molar-refractivity contribution in [1.82, 2.24) is 5.32 Å². The topological polar surface area (TPSA) is 96.2 Å². The average Bonchev–Trinajstić information content (AvgIpc) is 2.31. The van der Waals surface area contributed by atoms with Gasteiger partial charge in [0.05, 0.1) is 0 Å². The minimum atomic E-state index is -0.612. The number of benzene rings is 1. The number of primary amides is 1. The van der Waals surface area contributed by atoms with Crippen molar-refractivity contribution in [2.24, 2.45) is 5.73 Å². The Bertz CT molecular complexity index is 403. The first-order valence-electron chi connectivity index (χ1n) is 5.73. The summed E-state index contributed by atoms with van der Waals surface area (Å²) >= 11 is 0. The molecule has 0 atom stereocenters. The van der Waals surface area contributed by atoms with Crippen LogP contribution in [0.5, 0.6) is 0 Å². The second-order valence-corrected chi connectivity index (χ2v) is 3.82. The number of amides is 3. The minimum absolute atomic E-state index is 0.0270. The molecule has 0 spiro atoms. The van der Waals surface area contributed by atoms with Crippen molar-refractivity contribution in [1.29, 1.82) is 0 Å². The van der Waals surface area contributed by atoms with E-state index in [0.29, 0.717) is 17.8 Å². The van der Waals surface area contributed by atoms with Crippen LogP contribution in [-0.2, 0) is 4.79 Å². The second kappa shape index (κ2) is 7.29. The van der Waals surface area contributed by atoms with E-state index in [1.54, 1.807) is 24.3 Å². The summed E-state index contributed by atoms with van der Waals surface area (Å²) in [5, 5.41) is 8.20. The van der Waals surface area contributed by atoms with E-state index in [1.165, 1.54) is 0 Å². The first kappa shape index (κ1) is 14.0. The Balaban J connectivity index is 2.43. The van der Waals surface area contributed by atoms with Crippen molar-refractivity contribution in [3.8, 4) is 0 Å². The molecule has 98 valence electrons. The fourth-order valence-corrected chi connectivity index (χ4v) is 1.43. The van der Waals surface area contributed by atoms with Gasteiger partial charge in [0, 0.05) is 17.8 Å². The molecule has 3 amide bonds. The van der Waals surface area contributed by atoms with Crippen LogP contribution in [0.2, 0.25) is 0 Å². The third kappa shape index (κ3) is 5.31. The Morgan fingerprint density at radius 2 is 1.67 bits per heavy atom. The van der Waals surface area contributed by atoms with Crippen LogP contribution in [0.3, 0.4) is 0 Å². The lowest BCUT2D eigenvalue weighted by Gasteiger charge is -2.06. The number of hydrogen-bond acceptors (Lipinski definition) is 3. The first-order chi connectivity index (χ1) is 8.61. The van der Waals surface area contributed by atoms with Crippen molar-refractivity contribution >= 4 is 23.3 Å². The summed E-state index contributed by atoms with van der Waals surface area (Å²) in [6, 6.07) is 6.16. The summed E-state index contributed by atoms with van der Waals surface area (Å²) in [4.78, 5) is 22.1. The summed E-state index contributed by atoms with van der Waals surface area (Å²) in [6.45, 7) is 0.814. The molecule has 1 rings (SSSR count). The Morgan fingerprint density at radius 3 is 2.17 bits per heavy atom. The molecular weight excluding hydrogens is 232 g/mol. The highest BCUT2D eigenvalue weighted by Gasteiger charge is 2.02. The van der Waals surface area contributed by atoms with Gasteiger partial charge in [-0.15, -0.1) is 0 Å². The normalized spacial score (nSPS) is 9.83. The molecule has 0 bridgehead atoms. The number of urea groups is 1. The maximum absolute atomic E-state index is 11.5. The van der Waals surface area contributed by atoms with Crippen LogP contribution < -0.4 is 21.7 Å². The molecule has 0 heterocycles. The van der Waals surface area contributed by atoms with E-state index < -0.39 is 6.03 Å². The Hall–Kier alpha value is -2.08. The van der Waals surface area contributed by atoms with Crippen LogP contribution in [0.1, 0.15) is 12.8 Å². The molecule has 0 aliphatic heterocycles. The summed E-state index contributed by atoms with van der Waals surface area (Å²) < 4.78 is 0. The first-order valence-corrected chi connectivity index (χ1v) is 5.73. The van der Waals surface area contributed by atoms with E-state index in [9.17, 15) is 9.59 Å². The third-order valence-corrected chi connectivity index (χ3v) is 2.27. The predicted molar refractivity (Wildman–Crippen MR) is 71.4 cm³/mol. The Morgan fingerprint density at radius 1 is 1.11 bits per heavy atom. The zero-order valence-electron chi connectivity index (χ0n) is 10.3. The maximum atomic E-state index is 11.5. The van der Waals surface area contributed by atoms with Crippen LogP contribution in [0.4, 0.5) is 16.2 Å². The molecule has 6 nitrogen and oxygen atoms in total. The van der Waals surface area contributed by atoms with Gasteiger partial charge in [-0.2, -0.15) is 0 Å². The molecule has 0 aromatic heterocycles. The van der Waals surface area contributed by atoms with E-state index in [2.05, 4.69) is 16.0 Å². The molecular formula is C12H18N4O2. The zero-order valence-corrected chi connectivity index (χ0v) is 10.3. The number of carbonyl (C=O) groups is 2. The SMILES string of the molecule is CNCCCC(=O)Nc1ccc(NC(N)=O)cc1. The molecule has 1 aromatic rings. The van der Waals surface area contributed by atoms with Gasteiger partial charge in [-0.3, -0.25) is 4.79 Å². The van der Waals surface area contributed by atoms with Crippen molar-refractivity contribution < 1.29 is 9.59 Å². The summed E-state index contributed by atoms with van der Waals surface area (Å²) in [5.74, 6) is -0.0270. The van der Waals surface area contributed by atoms with Gasteiger partial charge in [-0.1, -0.05) is 0 Å². The van der Waals surface area contributed by atoms with E-state index in [0.717, 1.165) is 13.0 Å². The minimum Gasteiger partial charge on any atom is -0.351 e. The van der Waals surface area contributed by atoms with Crippen LogP contribution in [-0.4, -0.2) is 25.5 Å². The lowest BCUT2D eigenvalue weighted by atomic mass is 10.2. The fourth-order valence-electron chi connectivity index (χ4n) is 1.43. The monoisotopic (exact) mass is 250 g/mol. The number of hydrogen-bond donors (Lipinski definition) is 4. The van der Waals surface area contributed by atoms with Crippen molar-refractivity contribution in [3.63, 3.8) is 0 Å². The van der Waals surface area contributed by atoms with E-state index >= 15 is 0 Å². The Kier molecular flexibility index (Phi) is 5.66. The Labute approximate surface area is 106 Å². The fraction of sp³-hybridized carbons (Fsp3) is 0.333. The molecule has 1 aromatic carbocycles. The smallest absolute Gasteiger partial charge is 0.316 e. The number of anilines is 2. The third-order valence-electron chi connectivity index (χ3n) is 2.27. The van der Waals surface area contributed by atoms with Crippen molar-refractivity contribution in [3.05, 3.63) is 24.3 Å². The lowest BCUT2D eigenvalue weighted by Crippen LogP contribution is -2.19. The van der Waals surface area contributed by atoms with Gasteiger partial charge in [-0.05, 0) is 44.3 Å². The molecule has 0 aliphatic carbocycles. The summed E-state index contributed by atoms with van der Waals surface area (Å²) in [7, 11) is 1.85. The zero-order chi connectivity index (χ0) is 13.4. The van der Waals surface area contributed by atoms with Crippen molar-refractivity contribution in [2.45, 2.75) is 12.8 Å². The molecule has 0 fully saturated rings. The van der Waals surface area contributed by atoms with E-state index in [1.807, 2.05) is 7.05 Å². The summed E-state index contributed by atoms with van der Waals surface area (Å²) in [5.41, 5.74) is 6.27. The van der Waals surface area contributed by atoms with Gasteiger partial charge < -0.3 is 21.7 Å². The maximum Gasteiger partial charge on any atom is 0.316 e. The highest BCUT2D eigenvalue weighted by atomic mass is 16.2. The molecule has 0 radical (unpaired) electrons.